The van der Waals surface area contributed by atoms with Crippen LogP contribution in [0.15, 0.2) is 97.1 Å². The number of carbonyl (C=O) groups is 2. The molecule has 0 fully saturated rings. The SMILES string of the molecule is O=Cc1ccc(-c2cc3ccc4cc(-c5ccc(C=O)cc5)cc5ccc(c2)c3c45)cc1. The molecule has 0 spiro atoms. The molecular formula is C30H18O2. The maximum Gasteiger partial charge on any atom is 0.150 e. The van der Waals surface area contributed by atoms with E-state index in [4.69, 9.17) is 0 Å². The van der Waals surface area contributed by atoms with Crippen molar-refractivity contribution in [3.05, 3.63) is 108 Å². The fourth-order valence-corrected chi connectivity index (χ4v) is 4.68. The molecule has 0 amide bonds. The van der Waals surface area contributed by atoms with Crippen molar-refractivity contribution < 1.29 is 9.59 Å². The van der Waals surface area contributed by atoms with Crippen molar-refractivity contribution in [1.82, 2.24) is 0 Å². The van der Waals surface area contributed by atoms with Gasteiger partial charge in [-0.15, -0.1) is 0 Å². The molecule has 0 N–H and O–H groups in total. The van der Waals surface area contributed by atoms with Crippen LogP contribution < -0.4 is 0 Å². The van der Waals surface area contributed by atoms with Gasteiger partial charge in [0.05, 0.1) is 0 Å². The molecule has 6 aromatic rings. The van der Waals surface area contributed by atoms with Crippen LogP contribution in [-0.4, -0.2) is 12.6 Å². The van der Waals surface area contributed by atoms with Crippen LogP contribution in [0.1, 0.15) is 20.7 Å². The molecule has 2 nitrogen and oxygen atoms in total. The molecule has 6 aromatic carbocycles. The Morgan fingerprint density at radius 1 is 0.375 bits per heavy atom. The number of benzene rings is 6. The quantitative estimate of drug-likeness (QED) is 0.222. The molecule has 0 atom stereocenters. The molecule has 0 saturated carbocycles. The Labute approximate surface area is 185 Å². The van der Waals surface area contributed by atoms with Gasteiger partial charge in [0.25, 0.3) is 0 Å². The second kappa shape index (κ2) is 7.14. The molecule has 0 aliphatic carbocycles. The van der Waals surface area contributed by atoms with Gasteiger partial charge < -0.3 is 0 Å². The summed E-state index contributed by atoms with van der Waals surface area (Å²) in [6.07, 6.45) is 1.74. The van der Waals surface area contributed by atoms with Crippen LogP contribution in [0.3, 0.4) is 0 Å². The monoisotopic (exact) mass is 410 g/mol. The van der Waals surface area contributed by atoms with E-state index in [1.807, 2.05) is 48.5 Å². The van der Waals surface area contributed by atoms with Crippen molar-refractivity contribution in [3.8, 4) is 22.3 Å². The second-order valence-electron chi connectivity index (χ2n) is 8.21. The van der Waals surface area contributed by atoms with E-state index in [-0.39, 0.29) is 0 Å². The molecule has 0 radical (unpaired) electrons. The van der Waals surface area contributed by atoms with Gasteiger partial charge in [0.15, 0.2) is 0 Å². The first kappa shape index (κ1) is 18.5. The average Bonchev–Trinajstić information content (AvgIpc) is 2.87. The minimum Gasteiger partial charge on any atom is -0.298 e. The molecular weight excluding hydrogens is 392 g/mol. The molecule has 0 heterocycles. The Balaban J connectivity index is 1.54. The van der Waals surface area contributed by atoms with Crippen LogP contribution in [0.25, 0.3) is 54.6 Å². The van der Waals surface area contributed by atoms with Crippen molar-refractivity contribution >= 4 is 44.9 Å². The van der Waals surface area contributed by atoms with E-state index in [9.17, 15) is 9.59 Å². The second-order valence-corrected chi connectivity index (χ2v) is 8.21. The van der Waals surface area contributed by atoms with E-state index >= 15 is 0 Å². The van der Waals surface area contributed by atoms with E-state index < -0.39 is 0 Å². The fourth-order valence-electron chi connectivity index (χ4n) is 4.68. The first-order valence-corrected chi connectivity index (χ1v) is 10.6. The molecule has 0 unspecified atom stereocenters. The Morgan fingerprint density at radius 2 is 0.688 bits per heavy atom. The molecule has 0 aliphatic heterocycles. The first-order chi connectivity index (χ1) is 15.7. The zero-order valence-electron chi connectivity index (χ0n) is 17.2. The third kappa shape index (κ3) is 2.89. The fraction of sp³-hybridized carbons (Fsp3) is 0. The lowest BCUT2D eigenvalue weighted by Crippen LogP contribution is -1.88. The number of hydrogen-bond acceptors (Lipinski definition) is 2. The van der Waals surface area contributed by atoms with Crippen LogP contribution in [0.4, 0.5) is 0 Å². The summed E-state index contributed by atoms with van der Waals surface area (Å²) in [5.41, 5.74) is 5.85. The topological polar surface area (TPSA) is 34.1 Å². The summed E-state index contributed by atoms with van der Waals surface area (Å²) >= 11 is 0. The maximum absolute atomic E-state index is 11.0. The predicted octanol–water partition coefficient (Wildman–Crippen LogP) is 7.54. The standard InChI is InChI=1S/C30H18O2/c31-17-19-1-5-21(6-2-19)27-13-23-9-11-25-15-28(22-7-3-20(18-32)4-8-22)16-26-12-10-24(14-27)29(23)30(25)26/h1-18H. The van der Waals surface area contributed by atoms with Crippen molar-refractivity contribution in [3.63, 3.8) is 0 Å². The van der Waals surface area contributed by atoms with E-state index in [1.165, 1.54) is 32.3 Å². The van der Waals surface area contributed by atoms with Crippen molar-refractivity contribution in [2.75, 3.05) is 0 Å². The largest absolute Gasteiger partial charge is 0.298 e. The average molecular weight is 410 g/mol. The summed E-state index contributed by atoms with van der Waals surface area (Å²) in [4.78, 5) is 22.0. The van der Waals surface area contributed by atoms with Gasteiger partial charge in [0, 0.05) is 11.1 Å². The third-order valence-corrected chi connectivity index (χ3v) is 6.29. The van der Waals surface area contributed by atoms with Gasteiger partial charge in [-0.3, -0.25) is 9.59 Å². The lowest BCUT2D eigenvalue weighted by atomic mass is 9.89. The Morgan fingerprint density at radius 3 is 0.969 bits per heavy atom. The summed E-state index contributed by atoms with van der Waals surface area (Å²) in [6, 6.07) is 33.1. The zero-order chi connectivity index (χ0) is 21.7. The molecule has 150 valence electrons. The molecule has 2 heteroatoms. The van der Waals surface area contributed by atoms with Gasteiger partial charge in [0.1, 0.15) is 12.6 Å². The Hall–Kier alpha value is -4.30. The van der Waals surface area contributed by atoms with Crippen molar-refractivity contribution in [2.24, 2.45) is 0 Å². The molecule has 0 aromatic heterocycles. The summed E-state index contributed by atoms with van der Waals surface area (Å²) in [5.74, 6) is 0. The van der Waals surface area contributed by atoms with Crippen LogP contribution in [0, 0.1) is 0 Å². The van der Waals surface area contributed by atoms with Gasteiger partial charge in [-0.05, 0) is 78.8 Å². The van der Waals surface area contributed by atoms with Gasteiger partial charge >= 0.3 is 0 Å². The highest BCUT2D eigenvalue weighted by molar-refractivity contribution is 6.24. The molecule has 6 rings (SSSR count). The van der Waals surface area contributed by atoms with Crippen LogP contribution >= 0.6 is 0 Å². The van der Waals surface area contributed by atoms with Gasteiger partial charge in [-0.2, -0.15) is 0 Å². The predicted molar refractivity (Wildman–Crippen MR) is 132 cm³/mol. The van der Waals surface area contributed by atoms with E-state index in [0.717, 1.165) is 34.8 Å². The van der Waals surface area contributed by atoms with E-state index in [2.05, 4.69) is 48.5 Å². The summed E-state index contributed by atoms with van der Waals surface area (Å²) < 4.78 is 0. The molecule has 0 saturated heterocycles. The number of hydrogen-bond donors (Lipinski definition) is 0. The number of rotatable bonds is 4. The van der Waals surface area contributed by atoms with Gasteiger partial charge in [-0.1, -0.05) is 72.8 Å². The minimum atomic E-state index is 0.683. The van der Waals surface area contributed by atoms with Crippen LogP contribution in [0.5, 0.6) is 0 Å². The van der Waals surface area contributed by atoms with E-state index in [0.29, 0.717) is 11.1 Å². The van der Waals surface area contributed by atoms with Crippen LogP contribution in [-0.2, 0) is 0 Å². The van der Waals surface area contributed by atoms with Crippen molar-refractivity contribution in [2.45, 2.75) is 0 Å². The lowest BCUT2D eigenvalue weighted by Gasteiger charge is -2.14. The lowest BCUT2D eigenvalue weighted by molar-refractivity contribution is 0.111. The summed E-state index contributed by atoms with van der Waals surface area (Å²) in [6.45, 7) is 0. The van der Waals surface area contributed by atoms with Crippen molar-refractivity contribution in [1.29, 1.82) is 0 Å². The Kier molecular flexibility index (Phi) is 4.12. The first-order valence-electron chi connectivity index (χ1n) is 10.6. The molecule has 32 heavy (non-hydrogen) atoms. The molecule has 0 bridgehead atoms. The van der Waals surface area contributed by atoms with Gasteiger partial charge in [0.2, 0.25) is 0 Å². The zero-order valence-corrected chi connectivity index (χ0v) is 17.2. The van der Waals surface area contributed by atoms with E-state index in [1.54, 1.807) is 0 Å². The normalized spacial score (nSPS) is 11.4. The van der Waals surface area contributed by atoms with Crippen LogP contribution in [0.2, 0.25) is 0 Å². The highest BCUT2D eigenvalue weighted by Crippen LogP contribution is 2.39. The van der Waals surface area contributed by atoms with Gasteiger partial charge in [-0.25, -0.2) is 0 Å². The maximum atomic E-state index is 11.0. The molecule has 0 aliphatic rings. The minimum absolute atomic E-state index is 0.683. The number of carbonyl (C=O) groups excluding carboxylic acids is 2. The summed E-state index contributed by atoms with van der Waals surface area (Å²) in [7, 11) is 0. The summed E-state index contributed by atoms with van der Waals surface area (Å²) in [5, 5.41) is 7.37. The smallest absolute Gasteiger partial charge is 0.150 e. The third-order valence-electron chi connectivity index (χ3n) is 6.29. The number of aldehydes is 2. The highest BCUT2D eigenvalue weighted by Gasteiger charge is 2.12. The Bertz CT molecular complexity index is 1430. The highest BCUT2D eigenvalue weighted by atomic mass is 16.1.